The number of thiocarbonyl (C=S) groups is 1. The first-order valence-electron chi connectivity index (χ1n) is 6.91. The van der Waals surface area contributed by atoms with E-state index in [0.29, 0.717) is 11.4 Å². The predicted molar refractivity (Wildman–Crippen MR) is 91.9 cm³/mol. The Morgan fingerprint density at radius 3 is 2.43 bits per heavy atom. The van der Waals surface area contributed by atoms with Crippen LogP contribution >= 0.6 is 12.2 Å². The lowest BCUT2D eigenvalue weighted by Gasteiger charge is -2.25. The summed E-state index contributed by atoms with van der Waals surface area (Å²) in [5.41, 5.74) is 7.95. The van der Waals surface area contributed by atoms with Gasteiger partial charge in [-0.25, -0.2) is 0 Å². The first-order chi connectivity index (χ1) is 10.2. The van der Waals surface area contributed by atoms with Crippen molar-refractivity contribution in [1.29, 1.82) is 0 Å². The Bertz CT molecular complexity index is 586. The fourth-order valence-corrected chi connectivity index (χ4v) is 2.31. The maximum absolute atomic E-state index is 5.65. The molecule has 0 saturated heterocycles. The van der Waals surface area contributed by atoms with E-state index in [2.05, 4.69) is 23.1 Å². The number of nitrogens with two attached hydrogens (primary N) is 1. The molecule has 0 bridgehead atoms. The minimum Gasteiger partial charge on any atom is -0.496 e. The topological polar surface area (TPSA) is 38.5 Å². The lowest BCUT2D eigenvalue weighted by Crippen LogP contribution is -2.27. The number of hydrogen-bond donors (Lipinski definition) is 1. The number of ether oxygens (including phenoxy) is 1. The van der Waals surface area contributed by atoms with Gasteiger partial charge in [0.2, 0.25) is 0 Å². The van der Waals surface area contributed by atoms with Gasteiger partial charge in [-0.3, -0.25) is 0 Å². The lowest BCUT2D eigenvalue weighted by molar-refractivity contribution is 0.409. The van der Waals surface area contributed by atoms with Crippen LogP contribution < -0.4 is 15.4 Å². The Hall–Kier alpha value is -2.07. The number of hydrogen-bond acceptors (Lipinski definition) is 3. The first kappa shape index (κ1) is 15.3. The van der Waals surface area contributed by atoms with Crippen molar-refractivity contribution in [2.45, 2.75) is 13.0 Å². The van der Waals surface area contributed by atoms with Crippen LogP contribution in [0.2, 0.25) is 0 Å². The van der Waals surface area contributed by atoms with E-state index in [4.69, 9.17) is 22.7 Å². The maximum atomic E-state index is 5.65. The van der Waals surface area contributed by atoms with Crippen LogP contribution in [0.5, 0.6) is 5.75 Å². The van der Waals surface area contributed by atoms with Gasteiger partial charge in [0.25, 0.3) is 0 Å². The smallest absolute Gasteiger partial charge is 0.123 e. The van der Waals surface area contributed by atoms with E-state index in [9.17, 15) is 0 Å². The molecule has 0 unspecified atom stereocenters. The van der Waals surface area contributed by atoms with Crippen molar-refractivity contribution in [3.05, 3.63) is 60.2 Å². The molecular formula is C17H20N2OS. The standard InChI is InChI=1S/C17H20N2OS/c1-20-16-10-6-5-7-14(16)13-19(12-11-17(18)21)15-8-3-2-4-9-15/h2-10H,11-13H2,1H3,(H2,18,21). The van der Waals surface area contributed by atoms with Crippen molar-refractivity contribution < 1.29 is 4.74 Å². The highest BCUT2D eigenvalue weighted by atomic mass is 32.1. The van der Waals surface area contributed by atoms with Crippen LogP contribution in [0.1, 0.15) is 12.0 Å². The molecule has 21 heavy (non-hydrogen) atoms. The highest BCUT2D eigenvalue weighted by Gasteiger charge is 2.10. The number of rotatable bonds is 7. The van der Waals surface area contributed by atoms with Gasteiger partial charge in [0.1, 0.15) is 5.75 Å². The molecule has 0 aromatic heterocycles. The Labute approximate surface area is 131 Å². The van der Waals surface area contributed by atoms with Crippen molar-refractivity contribution in [2.24, 2.45) is 5.73 Å². The van der Waals surface area contributed by atoms with Gasteiger partial charge in [-0.1, -0.05) is 48.6 Å². The summed E-state index contributed by atoms with van der Waals surface area (Å²) in [6.07, 6.45) is 0.694. The molecule has 0 aliphatic carbocycles. The number of para-hydroxylation sites is 2. The van der Waals surface area contributed by atoms with Crippen molar-refractivity contribution in [1.82, 2.24) is 0 Å². The molecular weight excluding hydrogens is 280 g/mol. The van der Waals surface area contributed by atoms with E-state index in [1.54, 1.807) is 7.11 Å². The van der Waals surface area contributed by atoms with E-state index in [0.717, 1.165) is 30.1 Å². The van der Waals surface area contributed by atoms with Gasteiger partial charge < -0.3 is 15.4 Å². The largest absolute Gasteiger partial charge is 0.496 e. The third-order valence-electron chi connectivity index (χ3n) is 3.30. The van der Waals surface area contributed by atoms with Crippen LogP contribution in [0, 0.1) is 0 Å². The molecule has 2 aromatic carbocycles. The molecule has 0 saturated carbocycles. The summed E-state index contributed by atoms with van der Waals surface area (Å²) < 4.78 is 5.43. The third kappa shape index (κ3) is 4.46. The predicted octanol–water partition coefficient (Wildman–Crippen LogP) is 3.38. The molecule has 2 N–H and O–H groups in total. The van der Waals surface area contributed by atoms with Crippen LogP contribution in [0.25, 0.3) is 0 Å². The summed E-state index contributed by atoms with van der Waals surface area (Å²) in [6, 6.07) is 18.3. The molecule has 0 aliphatic rings. The normalized spacial score (nSPS) is 10.1. The average Bonchev–Trinajstić information content (AvgIpc) is 2.52. The van der Waals surface area contributed by atoms with Crippen LogP contribution in [0.4, 0.5) is 5.69 Å². The van der Waals surface area contributed by atoms with Crippen molar-refractivity contribution in [3.8, 4) is 5.75 Å². The van der Waals surface area contributed by atoms with Crippen molar-refractivity contribution >= 4 is 22.9 Å². The maximum Gasteiger partial charge on any atom is 0.123 e. The first-order valence-corrected chi connectivity index (χ1v) is 7.31. The number of benzene rings is 2. The summed E-state index contributed by atoms with van der Waals surface area (Å²) in [5.74, 6) is 0.897. The average molecular weight is 300 g/mol. The van der Waals surface area contributed by atoms with Gasteiger partial charge in [-0.05, 0) is 18.2 Å². The highest BCUT2D eigenvalue weighted by Crippen LogP contribution is 2.23. The number of methoxy groups -OCH3 is 1. The van der Waals surface area contributed by atoms with Gasteiger partial charge in [0.15, 0.2) is 0 Å². The minimum atomic E-state index is 0.538. The van der Waals surface area contributed by atoms with E-state index in [1.807, 2.05) is 36.4 Å². The van der Waals surface area contributed by atoms with E-state index in [-0.39, 0.29) is 0 Å². The second-order valence-electron chi connectivity index (χ2n) is 4.79. The van der Waals surface area contributed by atoms with Gasteiger partial charge in [-0.2, -0.15) is 0 Å². The zero-order valence-electron chi connectivity index (χ0n) is 12.2. The van der Waals surface area contributed by atoms with E-state index in [1.165, 1.54) is 0 Å². The molecule has 0 fully saturated rings. The number of anilines is 1. The van der Waals surface area contributed by atoms with Crippen LogP contribution in [0.15, 0.2) is 54.6 Å². The van der Waals surface area contributed by atoms with Crippen LogP contribution in [0.3, 0.4) is 0 Å². The second kappa shape index (κ2) is 7.64. The number of nitrogens with zero attached hydrogens (tertiary/aromatic N) is 1. The third-order valence-corrected chi connectivity index (χ3v) is 3.51. The molecule has 0 aliphatic heterocycles. The summed E-state index contributed by atoms with van der Waals surface area (Å²) in [6.45, 7) is 1.55. The molecule has 4 heteroatoms. The minimum absolute atomic E-state index is 0.538. The van der Waals surface area contributed by atoms with Gasteiger partial charge in [0.05, 0.1) is 12.1 Å². The Morgan fingerprint density at radius 1 is 1.10 bits per heavy atom. The molecule has 110 valence electrons. The Balaban J connectivity index is 2.21. The van der Waals surface area contributed by atoms with Crippen molar-refractivity contribution in [3.63, 3.8) is 0 Å². The Kier molecular flexibility index (Phi) is 5.58. The van der Waals surface area contributed by atoms with Crippen molar-refractivity contribution in [2.75, 3.05) is 18.6 Å². The summed E-state index contributed by atoms with van der Waals surface area (Å²) in [4.78, 5) is 2.80. The molecule has 0 amide bonds. The molecule has 0 spiro atoms. The molecule has 0 radical (unpaired) electrons. The zero-order chi connectivity index (χ0) is 15.1. The lowest BCUT2D eigenvalue weighted by atomic mass is 10.1. The summed E-state index contributed by atoms with van der Waals surface area (Å²) in [5, 5.41) is 0. The van der Waals surface area contributed by atoms with Gasteiger partial charge in [-0.15, -0.1) is 0 Å². The van der Waals surface area contributed by atoms with Crippen LogP contribution in [-0.2, 0) is 6.54 Å². The zero-order valence-corrected chi connectivity index (χ0v) is 13.0. The monoisotopic (exact) mass is 300 g/mol. The SMILES string of the molecule is COc1ccccc1CN(CCC(N)=S)c1ccccc1. The highest BCUT2D eigenvalue weighted by molar-refractivity contribution is 7.80. The summed E-state index contributed by atoms with van der Waals surface area (Å²) >= 11 is 5.00. The molecule has 0 heterocycles. The van der Waals surface area contributed by atoms with Gasteiger partial charge in [0, 0.05) is 30.8 Å². The fourth-order valence-electron chi connectivity index (χ4n) is 2.22. The molecule has 0 atom stereocenters. The molecule has 2 aromatic rings. The van der Waals surface area contributed by atoms with E-state index >= 15 is 0 Å². The van der Waals surface area contributed by atoms with Crippen LogP contribution in [-0.4, -0.2) is 18.6 Å². The molecule has 3 nitrogen and oxygen atoms in total. The quantitative estimate of drug-likeness (QED) is 0.796. The van der Waals surface area contributed by atoms with E-state index < -0.39 is 0 Å². The fraction of sp³-hybridized carbons (Fsp3) is 0.235. The summed E-state index contributed by atoms with van der Waals surface area (Å²) in [7, 11) is 1.70. The van der Waals surface area contributed by atoms with Gasteiger partial charge >= 0.3 is 0 Å². The Morgan fingerprint density at radius 2 is 1.76 bits per heavy atom. The second-order valence-corrected chi connectivity index (χ2v) is 5.31. The molecule has 2 rings (SSSR count).